The van der Waals surface area contributed by atoms with E-state index in [-0.39, 0.29) is 11.8 Å². The Kier molecular flexibility index (Phi) is 5.55. The number of carbonyl (C=O) groups excluding carboxylic acids is 1. The number of aromatic nitrogens is 3. The van der Waals surface area contributed by atoms with Crippen molar-refractivity contribution in [1.29, 1.82) is 0 Å². The third-order valence-corrected chi connectivity index (χ3v) is 4.29. The summed E-state index contributed by atoms with van der Waals surface area (Å²) in [5, 5.41) is 0. The van der Waals surface area contributed by atoms with Crippen molar-refractivity contribution in [2.45, 2.75) is 18.8 Å². The normalized spacial score (nSPS) is 17.9. The van der Waals surface area contributed by atoms with Crippen molar-refractivity contribution in [1.82, 2.24) is 24.8 Å². The number of rotatable bonds is 5. The molecule has 0 N–H and O–H groups in total. The summed E-state index contributed by atoms with van der Waals surface area (Å²) in [5.74, 6) is 1.47. The standard InChI is InChI=1S/C18H23N5O2/c1-22(2)16(24)13-23-10-4-5-14(12-23)17-18(21-9-8-20-17)25-15-6-3-7-19-11-15/h3,6-9,11,14H,4-5,10,12-13H2,1-2H3. The summed E-state index contributed by atoms with van der Waals surface area (Å²) >= 11 is 0. The van der Waals surface area contributed by atoms with Crippen LogP contribution in [-0.2, 0) is 4.79 Å². The van der Waals surface area contributed by atoms with Gasteiger partial charge in [0, 0.05) is 45.1 Å². The van der Waals surface area contributed by atoms with Gasteiger partial charge in [-0.25, -0.2) is 4.98 Å². The van der Waals surface area contributed by atoms with Gasteiger partial charge in [-0.3, -0.25) is 19.7 Å². The molecule has 0 radical (unpaired) electrons. The van der Waals surface area contributed by atoms with Crippen molar-refractivity contribution in [2.24, 2.45) is 0 Å². The molecule has 132 valence electrons. The van der Waals surface area contributed by atoms with Crippen LogP contribution in [0.5, 0.6) is 11.6 Å². The average molecular weight is 341 g/mol. The molecule has 1 amide bonds. The summed E-state index contributed by atoms with van der Waals surface area (Å²) < 4.78 is 5.89. The number of pyridine rings is 1. The maximum atomic E-state index is 12.0. The van der Waals surface area contributed by atoms with Gasteiger partial charge in [0.1, 0.15) is 11.4 Å². The highest BCUT2D eigenvalue weighted by molar-refractivity contribution is 5.77. The first-order valence-corrected chi connectivity index (χ1v) is 8.45. The van der Waals surface area contributed by atoms with Crippen LogP contribution >= 0.6 is 0 Å². The molecule has 3 heterocycles. The zero-order valence-electron chi connectivity index (χ0n) is 14.6. The quantitative estimate of drug-likeness (QED) is 0.827. The van der Waals surface area contributed by atoms with Crippen molar-refractivity contribution >= 4 is 5.91 Å². The first kappa shape index (κ1) is 17.3. The number of piperidine rings is 1. The van der Waals surface area contributed by atoms with Crippen molar-refractivity contribution in [3.63, 3.8) is 0 Å². The highest BCUT2D eigenvalue weighted by atomic mass is 16.5. The average Bonchev–Trinajstić information content (AvgIpc) is 2.63. The molecular formula is C18H23N5O2. The molecule has 0 aromatic carbocycles. The number of ether oxygens (including phenoxy) is 1. The van der Waals surface area contributed by atoms with Gasteiger partial charge in [0.05, 0.1) is 12.7 Å². The monoisotopic (exact) mass is 341 g/mol. The van der Waals surface area contributed by atoms with Gasteiger partial charge >= 0.3 is 0 Å². The number of nitrogens with zero attached hydrogens (tertiary/aromatic N) is 5. The van der Waals surface area contributed by atoms with Gasteiger partial charge in [0.2, 0.25) is 11.8 Å². The fraction of sp³-hybridized carbons (Fsp3) is 0.444. The fourth-order valence-electron chi connectivity index (χ4n) is 2.97. The van der Waals surface area contributed by atoms with E-state index in [0.717, 1.165) is 31.6 Å². The summed E-state index contributed by atoms with van der Waals surface area (Å²) in [6.45, 7) is 2.14. The van der Waals surface area contributed by atoms with Crippen molar-refractivity contribution in [3.8, 4) is 11.6 Å². The maximum Gasteiger partial charge on any atom is 0.241 e. The van der Waals surface area contributed by atoms with Gasteiger partial charge in [0.15, 0.2) is 0 Å². The molecule has 2 aromatic heterocycles. The Morgan fingerprint density at radius 1 is 1.32 bits per heavy atom. The maximum absolute atomic E-state index is 12.0. The molecule has 1 atom stereocenters. The van der Waals surface area contributed by atoms with Crippen LogP contribution in [0.1, 0.15) is 24.5 Å². The van der Waals surface area contributed by atoms with Crippen LogP contribution in [0.25, 0.3) is 0 Å². The second kappa shape index (κ2) is 8.02. The lowest BCUT2D eigenvalue weighted by Crippen LogP contribution is -2.41. The van der Waals surface area contributed by atoms with E-state index in [9.17, 15) is 4.79 Å². The largest absolute Gasteiger partial charge is 0.436 e. The van der Waals surface area contributed by atoms with Crippen molar-refractivity contribution < 1.29 is 9.53 Å². The predicted octanol–water partition coefficient (Wildman–Crippen LogP) is 1.93. The van der Waals surface area contributed by atoms with Crippen LogP contribution in [0.3, 0.4) is 0 Å². The molecular weight excluding hydrogens is 318 g/mol. The Morgan fingerprint density at radius 2 is 2.16 bits per heavy atom. The number of amides is 1. The lowest BCUT2D eigenvalue weighted by molar-refractivity contribution is -0.130. The van der Waals surface area contributed by atoms with E-state index in [1.54, 1.807) is 43.8 Å². The van der Waals surface area contributed by atoms with Gasteiger partial charge in [-0.1, -0.05) is 0 Å². The molecule has 1 fully saturated rings. The van der Waals surface area contributed by atoms with Crippen LogP contribution < -0.4 is 4.74 Å². The van der Waals surface area contributed by atoms with Crippen LogP contribution in [-0.4, -0.2) is 64.4 Å². The number of likely N-dealkylation sites (tertiary alicyclic amines) is 1. The van der Waals surface area contributed by atoms with E-state index in [0.29, 0.717) is 18.2 Å². The smallest absolute Gasteiger partial charge is 0.241 e. The Balaban J connectivity index is 1.74. The Morgan fingerprint density at radius 3 is 2.92 bits per heavy atom. The second-order valence-electron chi connectivity index (χ2n) is 6.40. The van der Waals surface area contributed by atoms with E-state index in [2.05, 4.69) is 19.9 Å². The predicted molar refractivity (Wildman–Crippen MR) is 93.5 cm³/mol. The molecule has 3 rings (SSSR count). The molecule has 0 spiro atoms. The van der Waals surface area contributed by atoms with Crippen LogP contribution in [0, 0.1) is 0 Å². The van der Waals surface area contributed by atoms with E-state index in [1.165, 1.54) is 0 Å². The molecule has 0 saturated carbocycles. The Labute approximate surface area is 147 Å². The minimum Gasteiger partial charge on any atom is -0.436 e. The van der Waals surface area contributed by atoms with Gasteiger partial charge < -0.3 is 9.64 Å². The van der Waals surface area contributed by atoms with E-state index >= 15 is 0 Å². The molecule has 25 heavy (non-hydrogen) atoms. The first-order chi connectivity index (χ1) is 12.1. The van der Waals surface area contributed by atoms with Crippen LogP contribution in [0.2, 0.25) is 0 Å². The third-order valence-electron chi connectivity index (χ3n) is 4.29. The van der Waals surface area contributed by atoms with E-state index < -0.39 is 0 Å². The summed E-state index contributed by atoms with van der Waals surface area (Å²) in [7, 11) is 3.57. The number of hydrogen-bond donors (Lipinski definition) is 0. The highest BCUT2D eigenvalue weighted by Crippen LogP contribution is 2.32. The van der Waals surface area contributed by atoms with Gasteiger partial charge in [-0.05, 0) is 31.5 Å². The summed E-state index contributed by atoms with van der Waals surface area (Å²) in [4.78, 5) is 28.7. The lowest BCUT2D eigenvalue weighted by atomic mass is 9.94. The fourth-order valence-corrected chi connectivity index (χ4v) is 2.97. The van der Waals surface area contributed by atoms with E-state index in [1.807, 2.05) is 12.1 Å². The highest BCUT2D eigenvalue weighted by Gasteiger charge is 2.27. The van der Waals surface area contributed by atoms with Crippen LogP contribution in [0.15, 0.2) is 36.9 Å². The molecule has 1 aliphatic rings. The van der Waals surface area contributed by atoms with Gasteiger partial charge in [-0.2, -0.15) is 0 Å². The number of likely N-dealkylation sites (N-methyl/N-ethyl adjacent to an activating group) is 1. The van der Waals surface area contributed by atoms with Crippen molar-refractivity contribution in [2.75, 3.05) is 33.7 Å². The topological polar surface area (TPSA) is 71.5 Å². The molecule has 0 aliphatic carbocycles. The molecule has 7 heteroatoms. The molecule has 1 saturated heterocycles. The molecule has 1 aliphatic heterocycles. The second-order valence-corrected chi connectivity index (χ2v) is 6.40. The summed E-state index contributed by atoms with van der Waals surface area (Å²) in [6.07, 6.45) is 8.70. The minimum absolute atomic E-state index is 0.117. The Bertz CT molecular complexity index is 708. The zero-order valence-corrected chi connectivity index (χ0v) is 14.6. The lowest BCUT2D eigenvalue weighted by Gasteiger charge is -2.32. The number of hydrogen-bond acceptors (Lipinski definition) is 6. The van der Waals surface area contributed by atoms with Gasteiger partial charge in [-0.15, -0.1) is 0 Å². The summed E-state index contributed by atoms with van der Waals surface area (Å²) in [5.41, 5.74) is 0.841. The first-order valence-electron chi connectivity index (χ1n) is 8.45. The summed E-state index contributed by atoms with van der Waals surface area (Å²) in [6, 6.07) is 3.66. The third kappa shape index (κ3) is 4.51. The molecule has 7 nitrogen and oxygen atoms in total. The molecule has 2 aromatic rings. The minimum atomic E-state index is 0.117. The van der Waals surface area contributed by atoms with Gasteiger partial charge in [0.25, 0.3) is 0 Å². The van der Waals surface area contributed by atoms with Crippen LogP contribution in [0.4, 0.5) is 0 Å². The van der Waals surface area contributed by atoms with E-state index in [4.69, 9.17) is 4.74 Å². The molecule has 1 unspecified atom stereocenters. The zero-order chi connectivity index (χ0) is 17.6. The Hall–Kier alpha value is -2.54. The van der Waals surface area contributed by atoms with Crippen molar-refractivity contribution in [3.05, 3.63) is 42.6 Å². The molecule has 0 bridgehead atoms. The SMILES string of the molecule is CN(C)C(=O)CN1CCCC(c2nccnc2Oc2cccnc2)C1. The number of carbonyl (C=O) groups is 1.